The summed E-state index contributed by atoms with van der Waals surface area (Å²) >= 11 is 3.41. The quantitative estimate of drug-likeness (QED) is 0.755. The molecule has 2 aliphatic rings. The van der Waals surface area contributed by atoms with Crippen molar-refractivity contribution in [3.63, 3.8) is 0 Å². The Hall–Kier alpha value is -2.80. The molecule has 0 radical (unpaired) electrons. The van der Waals surface area contributed by atoms with Crippen molar-refractivity contribution in [2.45, 2.75) is 12.3 Å². The number of aromatic hydroxyl groups is 1. The third-order valence-electron chi connectivity index (χ3n) is 4.79. The predicted octanol–water partition coefficient (Wildman–Crippen LogP) is 3.49. The first kappa shape index (κ1) is 17.6. The number of cyclic esters (lactones) is 1. The molecule has 0 saturated heterocycles. The van der Waals surface area contributed by atoms with Gasteiger partial charge >= 0.3 is 5.97 Å². The van der Waals surface area contributed by atoms with Gasteiger partial charge in [-0.25, -0.2) is 4.79 Å². The minimum absolute atomic E-state index is 0.00218. The van der Waals surface area contributed by atoms with Crippen LogP contribution in [0.25, 0.3) is 0 Å². The molecule has 0 aromatic heterocycles. The molecule has 0 aliphatic carbocycles. The Morgan fingerprint density at radius 3 is 2.78 bits per heavy atom. The summed E-state index contributed by atoms with van der Waals surface area (Å²) in [4.78, 5) is 27.0. The zero-order valence-corrected chi connectivity index (χ0v) is 16.0. The Morgan fingerprint density at radius 1 is 1.22 bits per heavy atom. The van der Waals surface area contributed by atoms with E-state index in [1.165, 1.54) is 13.2 Å². The first-order chi connectivity index (χ1) is 13.0. The van der Waals surface area contributed by atoms with E-state index in [1.54, 1.807) is 17.0 Å². The van der Waals surface area contributed by atoms with Crippen LogP contribution in [0, 0.1) is 0 Å². The predicted molar refractivity (Wildman–Crippen MR) is 102 cm³/mol. The van der Waals surface area contributed by atoms with E-state index < -0.39 is 11.9 Å². The number of benzene rings is 2. The summed E-state index contributed by atoms with van der Waals surface area (Å²) in [5.41, 5.74) is 2.44. The molecule has 0 unspecified atom stereocenters. The van der Waals surface area contributed by atoms with Gasteiger partial charge < -0.3 is 14.6 Å². The van der Waals surface area contributed by atoms with Crippen LogP contribution < -0.4 is 9.64 Å². The van der Waals surface area contributed by atoms with Crippen LogP contribution in [0.5, 0.6) is 11.5 Å². The Balaban J connectivity index is 1.83. The van der Waals surface area contributed by atoms with Gasteiger partial charge in [-0.15, -0.1) is 0 Å². The summed E-state index contributed by atoms with van der Waals surface area (Å²) < 4.78 is 11.3. The first-order valence-electron chi connectivity index (χ1n) is 8.35. The van der Waals surface area contributed by atoms with Crippen LogP contribution in [0.2, 0.25) is 0 Å². The second-order valence-corrected chi connectivity index (χ2v) is 7.25. The standard InChI is InChI=1S/C20H16BrNO5/c1-26-17-7-11(5-6-16(17)23)14-9-18(24)22(13-4-2-3-12(21)8-13)15-10-27-20(25)19(14)15/h2-8,14,23H,9-10H2,1H3/t14-/m0/s1. The molecule has 0 spiro atoms. The van der Waals surface area contributed by atoms with Gasteiger partial charge in [0.1, 0.15) is 6.61 Å². The van der Waals surface area contributed by atoms with E-state index in [4.69, 9.17) is 9.47 Å². The van der Waals surface area contributed by atoms with Crippen LogP contribution in [0.4, 0.5) is 5.69 Å². The minimum atomic E-state index is -0.444. The third-order valence-corrected chi connectivity index (χ3v) is 5.28. The number of hydrogen-bond acceptors (Lipinski definition) is 5. The van der Waals surface area contributed by atoms with Gasteiger partial charge in [-0.2, -0.15) is 0 Å². The lowest BCUT2D eigenvalue weighted by Gasteiger charge is -2.32. The van der Waals surface area contributed by atoms with E-state index in [-0.39, 0.29) is 24.7 Å². The largest absolute Gasteiger partial charge is 0.504 e. The van der Waals surface area contributed by atoms with E-state index in [1.807, 2.05) is 24.3 Å². The molecule has 0 fully saturated rings. The summed E-state index contributed by atoms with van der Waals surface area (Å²) in [6.07, 6.45) is 0.119. The number of nitrogens with zero attached hydrogens (tertiary/aromatic N) is 1. The summed E-state index contributed by atoms with van der Waals surface area (Å²) in [6.45, 7) is 0.0537. The molecule has 0 saturated carbocycles. The van der Waals surface area contributed by atoms with E-state index in [2.05, 4.69) is 15.9 Å². The lowest BCUT2D eigenvalue weighted by Crippen LogP contribution is -2.37. The molecule has 1 atom stereocenters. The number of carbonyl (C=O) groups is 2. The average Bonchev–Trinajstić information content (AvgIpc) is 3.03. The zero-order valence-electron chi connectivity index (χ0n) is 14.4. The molecule has 138 valence electrons. The molecule has 6 nitrogen and oxygen atoms in total. The molecule has 2 heterocycles. The Bertz CT molecular complexity index is 984. The molecule has 7 heteroatoms. The maximum absolute atomic E-state index is 13.0. The van der Waals surface area contributed by atoms with Gasteiger partial charge in [0, 0.05) is 22.5 Å². The Labute approximate surface area is 164 Å². The second kappa shape index (κ2) is 6.74. The fourth-order valence-corrected chi connectivity index (χ4v) is 3.95. The van der Waals surface area contributed by atoms with Gasteiger partial charge in [-0.1, -0.05) is 28.1 Å². The second-order valence-electron chi connectivity index (χ2n) is 6.33. The van der Waals surface area contributed by atoms with Gasteiger partial charge in [0.2, 0.25) is 5.91 Å². The Morgan fingerprint density at radius 2 is 2.04 bits per heavy atom. The van der Waals surface area contributed by atoms with Crippen LogP contribution >= 0.6 is 15.9 Å². The zero-order chi connectivity index (χ0) is 19.1. The molecule has 0 bridgehead atoms. The van der Waals surface area contributed by atoms with Crippen molar-refractivity contribution in [3.05, 3.63) is 63.8 Å². The number of anilines is 1. The van der Waals surface area contributed by atoms with Crippen molar-refractivity contribution in [2.75, 3.05) is 18.6 Å². The summed E-state index contributed by atoms with van der Waals surface area (Å²) in [6, 6.07) is 12.2. The van der Waals surface area contributed by atoms with E-state index in [0.29, 0.717) is 22.7 Å². The van der Waals surface area contributed by atoms with E-state index in [9.17, 15) is 14.7 Å². The van der Waals surface area contributed by atoms with Gasteiger partial charge in [-0.05, 0) is 35.9 Å². The number of ether oxygens (including phenoxy) is 2. The number of amides is 1. The van der Waals surface area contributed by atoms with Crippen molar-refractivity contribution in [2.24, 2.45) is 0 Å². The number of hydrogen-bond donors (Lipinski definition) is 1. The topological polar surface area (TPSA) is 76.1 Å². The fraction of sp³-hybridized carbons (Fsp3) is 0.200. The van der Waals surface area contributed by atoms with E-state index in [0.717, 1.165) is 10.0 Å². The number of esters is 1. The van der Waals surface area contributed by atoms with Crippen molar-refractivity contribution < 1.29 is 24.2 Å². The number of phenols is 1. The highest BCUT2D eigenvalue weighted by atomic mass is 79.9. The van der Waals surface area contributed by atoms with Crippen LogP contribution in [-0.2, 0) is 14.3 Å². The lowest BCUT2D eigenvalue weighted by atomic mass is 9.84. The maximum atomic E-state index is 13.0. The van der Waals surface area contributed by atoms with Gasteiger partial charge in [0.05, 0.1) is 18.4 Å². The molecule has 1 N–H and O–H groups in total. The van der Waals surface area contributed by atoms with Crippen molar-refractivity contribution in [1.29, 1.82) is 0 Å². The monoisotopic (exact) mass is 429 g/mol. The highest BCUT2D eigenvalue weighted by Crippen LogP contribution is 2.43. The van der Waals surface area contributed by atoms with Gasteiger partial charge in [0.15, 0.2) is 11.5 Å². The summed E-state index contributed by atoms with van der Waals surface area (Å²) in [5.74, 6) is -0.692. The average molecular weight is 430 g/mol. The number of carbonyl (C=O) groups excluding carboxylic acids is 2. The van der Waals surface area contributed by atoms with Gasteiger partial charge in [0.25, 0.3) is 0 Å². The number of methoxy groups -OCH3 is 1. The van der Waals surface area contributed by atoms with Crippen molar-refractivity contribution in [1.82, 2.24) is 0 Å². The summed E-state index contributed by atoms with van der Waals surface area (Å²) in [7, 11) is 1.45. The first-order valence-corrected chi connectivity index (χ1v) is 9.14. The van der Waals surface area contributed by atoms with E-state index >= 15 is 0 Å². The van der Waals surface area contributed by atoms with Crippen LogP contribution in [0.15, 0.2) is 58.2 Å². The molecule has 27 heavy (non-hydrogen) atoms. The number of phenolic OH excluding ortho intramolecular Hbond substituents is 1. The highest BCUT2D eigenvalue weighted by molar-refractivity contribution is 9.10. The molecule has 4 rings (SSSR count). The lowest BCUT2D eigenvalue weighted by molar-refractivity contribution is -0.136. The number of rotatable bonds is 3. The summed E-state index contributed by atoms with van der Waals surface area (Å²) in [5, 5.41) is 9.83. The minimum Gasteiger partial charge on any atom is -0.504 e. The van der Waals surface area contributed by atoms with Crippen molar-refractivity contribution in [3.8, 4) is 11.5 Å². The smallest absolute Gasteiger partial charge is 0.336 e. The number of halogens is 1. The van der Waals surface area contributed by atoms with Gasteiger partial charge in [-0.3, -0.25) is 9.69 Å². The molecule has 2 aromatic rings. The molecule has 2 aliphatic heterocycles. The highest BCUT2D eigenvalue weighted by Gasteiger charge is 2.43. The van der Waals surface area contributed by atoms with Crippen LogP contribution in [0.3, 0.4) is 0 Å². The van der Waals surface area contributed by atoms with Crippen LogP contribution in [0.1, 0.15) is 17.9 Å². The Kier molecular flexibility index (Phi) is 4.39. The molecule has 1 amide bonds. The normalized spacial score (nSPS) is 19.2. The molecular weight excluding hydrogens is 414 g/mol. The SMILES string of the molecule is COc1cc([C@@H]2CC(=O)N(c3cccc(Br)c3)C3=C2C(=O)OC3)ccc1O. The third kappa shape index (κ3) is 2.98. The maximum Gasteiger partial charge on any atom is 0.336 e. The molecular formula is C20H16BrNO5. The van der Waals surface area contributed by atoms with Crippen LogP contribution in [-0.4, -0.2) is 30.7 Å². The molecule has 2 aromatic carbocycles. The van der Waals surface area contributed by atoms with Crippen molar-refractivity contribution >= 4 is 33.5 Å². The fourth-order valence-electron chi connectivity index (χ4n) is 3.56.